The van der Waals surface area contributed by atoms with Crippen molar-refractivity contribution >= 4 is 43.4 Å². The van der Waals surface area contributed by atoms with E-state index in [1.807, 2.05) is 12.1 Å². The van der Waals surface area contributed by atoms with Crippen molar-refractivity contribution in [3.05, 3.63) is 72.6 Å². The number of aromatic amines is 2. The van der Waals surface area contributed by atoms with E-state index in [-0.39, 0.29) is 24.0 Å². The van der Waals surface area contributed by atoms with Crippen LogP contribution in [0.2, 0.25) is 0 Å². The molecule has 1 aromatic carbocycles. The van der Waals surface area contributed by atoms with Crippen LogP contribution in [-0.4, -0.2) is 61.5 Å². The van der Waals surface area contributed by atoms with Gasteiger partial charge < -0.3 is 10.3 Å². The highest BCUT2D eigenvalue weighted by molar-refractivity contribution is 7.90. The number of rotatable bonds is 8. The van der Waals surface area contributed by atoms with Gasteiger partial charge in [-0.2, -0.15) is 5.10 Å². The number of hydrogen-bond donors (Lipinski definition) is 3. The van der Waals surface area contributed by atoms with E-state index in [0.29, 0.717) is 56.3 Å². The Morgan fingerprint density at radius 1 is 1.00 bits per heavy atom. The summed E-state index contributed by atoms with van der Waals surface area (Å²) in [6.07, 6.45) is 11.9. The molecule has 1 saturated carbocycles. The zero-order chi connectivity index (χ0) is 31.1. The number of hydrogen-bond acceptors (Lipinski definition) is 8. The fourth-order valence-corrected chi connectivity index (χ4v) is 6.44. The minimum atomic E-state index is -3.21. The molecule has 3 N–H and O–H groups in total. The number of anilines is 1. The van der Waals surface area contributed by atoms with E-state index in [4.69, 9.17) is 4.98 Å². The first kappa shape index (κ1) is 28.7. The van der Waals surface area contributed by atoms with Gasteiger partial charge in [0.05, 0.1) is 46.3 Å². The van der Waals surface area contributed by atoms with E-state index in [2.05, 4.69) is 35.5 Å². The quantitative estimate of drug-likeness (QED) is 0.201. The summed E-state index contributed by atoms with van der Waals surface area (Å²) in [6, 6.07) is 9.96. The summed E-state index contributed by atoms with van der Waals surface area (Å²) in [5.74, 6) is -0.0285. The highest BCUT2D eigenvalue weighted by Crippen LogP contribution is 2.33. The third kappa shape index (κ3) is 6.03. The largest absolute Gasteiger partial charge is 0.336 e. The maximum atomic E-state index is 14.6. The van der Waals surface area contributed by atoms with Crippen LogP contribution in [0.3, 0.4) is 0 Å². The minimum absolute atomic E-state index is 0.0223. The van der Waals surface area contributed by atoms with Crippen molar-refractivity contribution in [1.82, 2.24) is 35.1 Å². The maximum Gasteiger partial charge on any atom is 0.227 e. The minimum Gasteiger partial charge on any atom is -0.336 e. The third-order valence-corrected chi connectivity index (χ3v) is 9.04. The van der Waals surface area contributed by atoms with Crippen LogP contribution in [0.4, 0.5) is 10.1 Å². The Morgan fingerprint density at radius 2 is 1.84 bits per heavy atom. The molecule has 0 bridgehead atoms. The molecule has 6 aromatic rings. The van der Waals surface area contributed by atoms with Crippen molar-refractivity contribution < 1.29 is 17.6 Å². The number of aryl methyl sites for hydroxylation is 1. The van der Waals surface area contributed by atoms with E-state index in [0.717, 1.165) is 42.9 Å². The molecule has 45 heavy (non-hydrogen) atoms. The van der Waals surface area contributed by atoms with Gasteiger partial charge in [-0.3, -0.25) is 24.8 Å². The standard InChI is InChI=1S/C32H29FN8O3S/c1-45(43,44)9-7-18-10-20(12-22(33)11-18)28-30-25(6-8-35-28)38-31(39-30)29-24-14-26(36-17-27(24)40-41-29)21-13-23(16-34-15-21)37-32(42)19-4-2-3-5-19/h6,8,10-17,19H,2-5,7,9H2,1H3,(H,37,42)(H,38,39)(H,40,41). The van der Waals surface area contributed by atoms with Gasteiger partial charge in [0.2, 0.25) is 5.91 Å². The predicted molar refractivity (Wildman–Crippen MR) is 169 cm³/mol. The number of imidazole rings is 1. The molecule has 0 aliphatic heterocycles. The van der Waals surface area contributed by atoms with Crippen molar-refractivity contribution in [3.63, 3.8) is 0 Å². The lowest BCUT2D eigenvalue weighted by atomic mass is 10.0. The first-order valence-corrected chi connectivity index (χ1v) is 16.7. The summed E-state index contributed by atoms with van der Waals surface area (Å²) in [5.41, 5.74) is 5.97. The molecule has 1 fully saturated rings. The zero-order valence-corrected chi connectivity index (χ0v) is 25.2. The maximum absolute atomic E-state index is 14.6. The lowest BCUT2D eigenvalue weighted by Gasteiger charge is -2.11. The summed E-state index contributed by atoms with van der Waals surface area (Å²) in [5, 5.41) is 11.3. The number of nitrogens with one attached hydrogen (secondary N) is 3. The first-order chi connectivity index (χ1) is 21.7. The van der Waals surface area contributed by atoms with Gasteiger partial charge in [-0.05, 0) is 61.2 Å². The Morgan fingerprint density at radius 3 is 2.67 bits per heavy atom. The van der Waals surface area contributed by atoms with Crippen LogP contribution in [0.25, 0.3) is 56.0 Å². The number of nitrogens with zero attached hydrogens (tertiary/aromatic N) is 5. The fourth-order valence-electron chi connectivity index (χ4n) is 5.83. The predicted octanol–water partition coefficient (Wildman–Crippen LogP) is 5.48. The van der Waals surface area contributed by atoms with Gasteiger partial charge in [-0.15, -0.1) is 0 Å². The van der Waals surface area contributed by atoms with E-state index in [1.54, 1.807) is 36.9 Å². The molecule has 0 saturated heterocycles. The van der Waals surface area contributed by atoms with Crippen molar-refractivity contribution in [2.24, 2.45) is 5.92 Å². The summed E-state index contributed by atoms with van der Waals surface area (Å²) in [7, 11) is -3.21. The van der Waals surface area contributed by atoms with Crippen LogP contribution in [0.5, 0.6) is 0 Å². The molecule has 228 valence electrons. The van der Waals surface area contributed by atoms with Gasteiger partial charge in [0, 0.05) is 41.1 Å². The second-order valence-corrected chi connectivity index (χ2v) is 13.7. The molecular weight excluding hydrogens is 595 g/mol. The number of amides is 1. The molecule has 1 amide bonds. The zero-order valence-electron chi connectivity index (χ0n) is 24.3. The highest BCUT2D eigenvalue weighted by atomic mass is 32.2. The average Bonchev–Trinajstić information content (AvgIpc) is 3.79. The van der Waals surface area contributed by atoms with Crippen LogP contribution in [0.15, 0.2) is 61.2 Å². The number of aromatic nitrogens is 7. The summed E-state index contributed by atoms with van der Waals surface area (Å²) < 4.78 is 38.0. The molecule has 1 aliphatic carbocycles. The van der Waals surface area contributed by atoms with Crippen molar-refractivity contribution in [2.45, 2.75) is 32.1 Å². The smallest absolute Gasteiger partial charge is 0.227 e. The molecular formula is C32H29FN8O3S. The lowest BCUT2D eigenvalue weighted by molar-refractivity contribution is -0.119. The molecule has 0 radical (unpaired) electrons. The van der Waals surface area contributed by atoms with Crippen LogP contribution < -0.4 is 5.32 Å². The van der Waals surface area contributed by atoms with Crippen LogP contribution in [0.1, 0.15) is 31.2 Å². The Kier molecular flexibility index (Phi) is 7.32. The summed E-state index contributed by atoms with van der Waals surface area (Å²) >= 11 is 0. The van der Waals surface area contributed by atoms with Crippen molar-refractivity contribution in [1.29, 1.82) is 0 Å². The van der Waals surface area contributed by atoms with Crippen LogP contribution in [-0.2, 0) is 21.1 Å². The summed E-state index contributed by atoms with van der Waals surface area (Å²) in [4.78, 5) is 34.2. The van der Waals surface area contributed by atoms with Gasteiger partial charge in [-0.1, -0.05) is 12.8 Å². The topological polar surface area (TPSA) is 159 Å². The molecule has 0 atom stereocenters. The Labute approximate surface area is 257 Å². The number of carbonyl (C=O) groups excluding carboxylic acids is 1. The van der Waals surface area contributed by atoms with Crippen molar-refractivity contribution in [3.8, 4) is 34.0 Å². The second kappa shape index (κ2) is 11.5. The first-order valence-electron chi connectivity index (χ1n) is 14.6. The number of halogens is 1. The number of sulfone groups is 1. The lowest BCUT2D eigenvalue weighted by Crippen LogP contribution is -2.20. The molecule has 5 heterocycles. The van der Waals surface area contributed by atoms with Crippen LogP contribution >= 0.6 is 0 Å². The molecule has 13 heteroatoms. The third-order valence-electron chi connectivity index (χ3n) is 8.09. The normalized spacial score (nSPS) is 14.0. The van der Waals surface area contributed by atoms with E-state index in [1.165, 1.54) is 12.1 Å². The second-order valence-electron chi connectivity index (χ2n) is 11.5. The number of pyridine rings is 3. The van der Waals surface area contributed by atoms with Gasteiger partial charge in [-0.25, -0.2) is 17.8 Å². The number of carbonyl (C=O) groups is 1. The molecule has 7 rings (SSSR count). The fraction of sp³-hybridized carbons (Fsp3) is 0.250. The number of fused-ring (bicyclic) bond motifs is 2. The Balaban J connectivity index is 1.22. The average molecular weight is 625 g/mol. The molecule has 1 aliphatic rings. The van der Waals surface area contributed by atoms with Crippen molar-refractivity contribution in [2.75, 3.05) is 17.3 Å². The number of H-pyrrole nitrogens is 2. The Hall–Kier alpha value is -5.04. The van der Waals surface area contributed by atoms with Gasteiger partial charge in [0.25, 0.3) is 0 Å². The monoisotopic (exact) mass is 624 g/mol. The molecule has 5 aromatic heterocycles. The van der Waals surface area contributed by atoms with E-state index < -0.39 is 15.7 Å². The molecule has 0 unspecified atom stereocenters. The van der Waals surface area contributed by atoms with E-state index in [9.17, 15) is 17.6 Å². The van der Waals surface area contributed by atoms with Gasteiger partial charge >= 0.3 is 0 Å². The van der Waals surface area contributed by atoms with Gasteiger partial charge in [0.15, 0.2) is 5.82 Å². The molecule has 0 spiro atoms. The van der Waals surface area contributed by atoms with Gasteiger partial charge in [0.1, 0.15) is 26.9 Å². The number of benzene rings is 1. The highest BCUT2D eigenvalue weighted by Gasteiger charge is 2.23. The molecule has 11 nitrogen and oxygen atoms in total. The van der Waals surface area contributed by atoms with E-state index >= 15 is 0 Å². The SMILES string of the molecule is CS(=O)(=O)CCc1cc(F)cc(-c2nccc3[nH]c(-c4n[nH]c5cnc(-c6cncc(NC(=O)C7CCCC7)c6)cc45)nc23)c1. The Bertz CT molecular complexity index is 2190. The summed E-state index contributed by atoms with van der Waals surface area (Å²) in [6.45, 7) is 0. The van der Waals surface area contributed by atoms with Crippen LogP contribution in [0, 0.1) is 11.7 Å².